The van der Waals surface area contributed by atoms with Crippen molar-refractivity contribution in [3.05, 3.63) is 62.4 Å². The van der Waals surface area contributed by atoms with Gasteiger partial charge in [-0.25, -0.2) is 4.90 Å². The van der Waals surface area contributed by atoms with Gasteiger partial charge in [-0.15, -0.1) is 11.3 Å². The fourth-order valence-corrected chi connectivity index (χ4v) is 4.65. The van der Waals surface area contributed by atoms with Crippen LogP contribution < -0.4 is 4.90 Å². The fourth-order valence-electron chi connectivity index (χ4n) is 3.71. The number of benzene rings is 1. The standard InChI is InChI=1S/C23H25NO3S/c1-12(2)19(18-11-14(5)28-15(18)6)21-20(13(3)4)22(26)24(23(21)27)16-7-9-17(25)10-8-16/h7-12,25H,1-6H3/b21-19+. The van der Waals surface area contributed by atoms with Crippen LogP contribution in [-0.4, -0.2) is 16.9 Å². The summed E-state index contributed by atoms with van der Waals surface area (Å²) in [5, 5.41) is 9.56. The zero-order valence-electron chi connectivity index (χ0n) is 17.1. The number of anilines is 1. The van der Waals surface area contributed by atoms with E-state index in [0.717, 1.165) is 21.6 Å². The Hall–Kier alpha value is -2.66. The highest BCUT2D eigenvalue weighted by Gasteiger charge is 2.43. The summed E-state index contributed by atoms with van der Waals surface area (Å²) in [6.45, 7) is 11.9. The molecule has 5 heteroatoms. The first-order chi connectivity index (χ1) is 13.1. The normalized spacial score (nSPS) is 16.4. The number of phenolic OH excluding ortho intramolecular Hbond substituents is 1. The second-order valence-corrected chi connectivity index (χ2v) is 9.07. The third-order valence-electron chi connectivity index (χ3n) is 4.87. The molecule has 1 aromatic heterocycles. The molecule has 0 saturated carbocycles. The van der Waals surface area contributed by atoms with E-state index in [1.54, 1.807) is 23.5 Å². The number of thiophene rings is 1. The Bertz CT molecular complexity index is 1020. The smallest absolute Gasteiger partial charge is 0.266 e. The number of hydrogen-bond acceptors (Lipinski definition) is 4. The molecular formula is C23H25NO3S. The van der Waals surface area contributed by atoms with Crippen LogP contribution in [0.15, 0.2) is 47.1 Å². The van der Waals surface area contributed by atoms with Gasteiger partial charge in [0.1, 0.15) is 5.75 Å². The predicted octanol–water partition coefficient (Wildman–Crippen LogP) is 5.39. The van der Waals surface area contributed by atoms with Gasteiger partial charge in [0.2, 0.25) is 0 Å². The molecule has 3 rings (SSSR count). The summed E-state index contributed by atoms with van der Waals surface area (Å²) in [5.41, 5.74) is 4.21. The number of carbonyl (C=O) groups is 2. The lowest BCUT2D eigenvalue weighted by atomic mass is 9.87. The molecule has 0 aliphatic carbocycles. The van der Waals surface area contributed by atoms with Crippen molar-refractivity contribution in [1.82, 2.24) is 0 Å². The van der Waals surface area contributed by atoms with E-state index >= 15 is 0 Å². The lowest BCUT2D eigenvalue weighted by Gasteiger charge is -2.16. The largest absolute Gasteiger partial charge is 0.508 e. The first-order valence-electron chi connectivity index (χ1n) is 9.30. The number of nitrogens with zero attached hydrogens (tertiary/aromatic N) is 1. The van der Waals surface area contributed by atoms with Gasteiger partial charge in [0.15, 0.2) is 0 Å². The van der Waals surface area contributed by atoms with Crippen molar-refractivity contribution >= 4 is 34.4 Å². The second kappa shape index (κ2) is 7.40. The molecule has 28 heavy (non-hydrogen) atoms. The van der Waals surface area contributed by atoms with E-state index < -0.39 is 0 Å². The summed E-state index contributed by atoms with van der Waals surface area (Å²) in [5.74, 6) is -0.450. The molecular weight excluding hydrogens is 370 g/mol. The zero-order chi connectivity index (χ0) is 20.7. The third-order valence-corrected chi connectivity index (χ3v) is 5.84. The summed E-state index contributed by atoms with van der Waals surface area (Å²) in [6.07, 6.45) is 0. The summed E-state index contributed by atoms with van der Waals surface area (Å²) in [6, 6.07) is 8.24. The molecule has 1 saturated heterocycles. The zero-order valence-corrected chi connectivity index (χ0v) is 17.9. The Balaban J connectivity index is 2.30. The van der Waals surface area contributed by atoms with Gasteiger partial charge in [-0.2, -0.15) is 0 Å². The molecule has 0 spiro atoms. The van der Waals surface area contributed by atoms with Gasteiger partial charge in [0, 0.05) is 9.75 Å². The van der Waals surface area contributed by atoms with E-state index in [-0.39, 0.29) is 23.5 Å². The minimum absolute atomic E-state index is 0.0774. The van der Waals surface area contributed by atoms with Crippen LogP contribution >= 0.6 is 11.3 Å². The molecule has 1 N–H and O–H groups in total. The van der Waals surface area contributed by atoms with Crippen LogP contribution in [0.5, 0.6) is 5.75 Å². The van der Waals surface area contributed by atoms with Gasteiger partial charge in [-0.1, -0.05) is 19.4 Å². The van der Waals surface area contributed by atoms with Crippen molar-refractivity contribution < 1.29 is 14.7 Å². The Morgan fingerprint density at radius 1 is 1.00 bits per heavy atom. The van der Waals surface area contributed by atoms with Crippen LogP contribution in [-0.2, 0) is 9.59 Å². The van der Waals surface area contributed by atoms with Crippen molar-refractivity contribution in [3.63, 3.8) is 0 Å². The Labute approximate surface area is 169 Å². The number of aromatic hydroxyl groups is 1. The van der Waals surface area contributed by atoms with Crippen LogP contribution in [0, 0.1) is 19.8 Å². The molecule has 1 aliphatic heterocycles. The number of allylic oxidation sites excluding steroid dienone is 2. The van der Waals surface area contributed by atoms with Gasteiger partial charge < -0.3 is 5.11 Å². The van der Waals surface area contributed by atoms with Crippen LogP contribution in [0.1, 0.15) is 43.0 Å². The van der Waals surface area contributed by atoms with E-state index in [9.17, 15) is 14.7 Å². The summed E-state index contributed by atoms with van der Waals surface area (Å²) in [4.78, 5) is 30.3. The first-order valence-corrected chi connectivity index (χ1v) is 10.1. The number of amides is 2. The molecule has 1 fully saturated rings. The predicted molar refractivity (Wildman–Crippen MR) is 115 cm³/mol. The van der Waals surface area contributed by atoms with E-state index in [1.807, 2.05) is 13.8 Å². The highest BCUT2D eigenvalue weighted by atomic mass is 32.1. The van der Waals surface area contributed by atoms with E-state index in [2.05, 4.69) is 33.8 Å². The van der Waals surface area contributed by atoms with Crippen molar-refractivity contribution in [1.29, 1.82) is 0 Å². The maximum atomic E-state index is 13.5. The fraction of sp³-hybridized carbons (Fsp3) is 0.304. The maximum absolute atomic E-state index is 13.5. The number of aryl methyl sites for hydroxylation is 2. The van der Waals surface area contributed by atoms with Crippen LogP contribution in [0.2, 0.25) is 0 Å². The van der Waals surface area contributed by atoms with Crippen LogP contribution in [0.25, 0.3) is 5.57 Å². The highest BCUT2D eigenvalue weighted by Crippen LogP contribution is 2.42. The van der Waals surface area contributed by atoms with Gasteiger partial charge >= 0.3 is 0 Å². The van der Waals surface area contributed by atoms with Gasteiger partial charge in [-0.05, 0) is 75.1 Å². The topological polar surface area (TPSA) is 57.6 Å². The lowest BCUT2D eigenvalue weighted by molar-refractivity contribution is -0.119. The molecule has 4 nitrogen and oxygen atoms in total. The lowest BCUT2D eigenvalue weighted by Crippen LogP contribution is -2.29. The van der Waals surface area contributed by atoms with E-state index in [0.29, 0.717) is 16.8 Å². The number of carbonyl (C=O) groups excluding carboxylic acids is 2. The average Bonchev–Trinajstić information content (AvgIpc) is 3.05. The van der Waals surface area contributed by atoms with Crippen molar-refractivity contribution in [3.8, 4) is 5.75 Å². The maximum Gasteiger partial charge on any atom is 0.266 e. The highest BCUT2D eigenvalue weighted by molar-refractivity contribution is 7.12. The minimum atomic E-state index is -0.312. The molecule has 2 amide bonds. The van der Waals surface area contributed by atoms with Crippen LogP contribution in [0.4, 0.5) is 5.69 Å². The molecule has 1 aromatic carbocycles. The average molecular weight is 396 g/mol. The number of hydrogen-bond donors (Lipinski definition) is 1. The van der Waals surface area contributed by atoms with Gasteiger partial charge in [0.05, 0.1) is 16.8 Å². The molecule has 146 valence electrons. The monoisotopic (exact) mass is 395 g/mol. The van der Waals surface area contributed by atoms with E-state index in [4.69, 9.17) is 0 Å². The van der Waals surface area contributed by atoms with Gasteiger partial charge in [-0.3, -0.25) is 9.59 Å². The van der Waals surface area contributed by atoms with Crippen LogP contribution in [0.3, 0.4) is 0 Å². The number of imide groups is 1. The SMILES string of the molecule is CC(C)=C1C(=O)N(c2ccc(O)cc2)C(=O)/C1=C(/c1cc(C)sc1C)C(C)C. The summed E-state index contributed by atoms with van der Waals surface area (Å²) >= 11 is 1.70. The summed E-state index contributed by atoms with van der Waals surface area (Å²) in [7, 11) is 0. The molecule has 2 aromatic rings. The molecule has 0 unspecified atom stereocenters. The van der Waals surface area contributed by atoms with Gasteiger partial charge in [0.25, 0.3) is 11.8 Å². The number of rotatable bonds is 3. The quantitative estimate of drug-likeness (QED) is 0.560. The van der Waals surface area contributed by atoms with E-state index in [1.165, 1.54) is 21.9 Å². The van der Waals surface area contributed by atoms with Crippen molar-refractivity contribution in [2.75, 3.05) is 4.90 Å². The summed E-state index contributed by atoms with van der Waals surface area (Å²) < 4.78 is 0. The first kappa shape index (κ1) is 20.1. The molecule has 0 radical (unpaired) electrons. The molecule has 0 bridgehead atoms. The Morgan fingerprint density at radius 3 is 2.04 bits per heavy atom. The molecule has 2 heterocycles. The second-order valence-electron chi connectivity index (χ2n) is 7.61. The third kappa shape index (κ3) is 3.31. The molecule has 1 aliphatic rings. The Kier molecular flexibility index (Phi) is 5.31. The van der Waals surface area contributed by atoms with Crippen molar-refractivity contribution in [2.24, 2.45) is 5.92 Å². The minimum Gasteiger partial charge on any atom is -0.508 e. The number of phenols is 1. The Morgan fingerprint density at radius 2 is 1.57 bits per heavy atom. The van der Waals surface area contributed by atoms with Crippen molar-refractivity contribution in [2.45, 2.75) is 41.5 Å². The molecule has 0 atom stereocenters.